The minimum atomic E-state index is -0.210. The largest absolute Gasteiger partial charge is 0.329 e. The summed E-state index contributed by atoms with van der Waals surface area (Å²) in [5.41, 5.74) is 9.07. The van der Waals surface area contributed by atoms with Gasteiger partial charge in [0.1, 0.15) is 5.82 Å². The fourth-order valence-electron chi connectivity index (χ4n) is 2.45. The van der Waals surface area contributed by atoms with Crippen LogP contribution in [0.5, 0.6) is 0 Å². The summed E-state index contributed by atoms with van der Waals surface area (Å²) in [6.45, 7) is 4.50. The molecule has 2 nitrogen and oxygen atoms in total. The SMILES string of the molecule is Cc1cc(F)ccc1C(CN)NC(C)c1ccccc1. The molecule has 0 aliphatic rings. The molecule has 2 unspecified atom stereocenters. The lowest BCUT2D eigenvalue weighted by atomic mass is 9.99. The van der Waals surface area contributed by atoms with Crippen molar-refractivity contribution in [1.82, 2.24) is 5.32 Å². The zero-order chi connectivity index (χ0) is 14.5. The first-order chi connectivity index (χ1) is 9.61. The van der Waals surface area contributed by atoms with Gasteiger partial charge in [0, 0.05) is 18.6 Å². The monoisotopic (exact) mass is 272 g/mol. The van der Waals surface area contributed by atoms with Gasteiger partial charge in [-0.05, 0) is 42.7 Å². The summed E-state index contributed by atoms with van der Waals surface area (Å²) in [6.07, 6.45) is 0. The molecule has 2 atom stereocenters. The molecule has 3 heteroatoms. The Morgan fingerprint density at radius 3 is 2.45 bits per heavy atom. The van der Waals surface area contributed by atoms with Crippen molar-refractivity contribution in [3.63, 3.8) is 0 Å². The van der Waals surface area contributed by atoms with Crippen LogP contribution < -0.4 is 11.1 Å². The molecule has 106 valence electrons. The Hall–Kier alpha value is -1.71. The van der Waals surface area contributed by atoms with Crippen LogP contribution in [0, 0.1) is 12.7 Å². The molecular formula is C17H21FN2. The topological polar surface area (TPSA) is 38.0 Å². The van der Waals surface area contributed by atoms with Crippen LogP contribution in [0.15, 0.2) is 48.5 Å². The standard InChI is InChI=1S/C17H21FN2/c1-12-10-15(18)8-9-16(12)17(11-19)20-13(2)14-6-4-3-5-7-14/h3-10,13,17,20H,11,19H2,1-2H3. The first-order valence-corrected chi connectivity index (χ1v) is 6.89. The molecule has 3 N–H and O–H groups in total. The van der Waals surface area contributed by atoms with Gasteiger partial charge in [-0.25, -0.2) is 4.39 Å². The summed E-state index contributed by atoms with van der Waals surface area (Å²) in [7, 11) is 0. The predicted molar refractivity (Wildman–Crippen MR) is 80.9 cm³/mol. The van der Waals surface area contributed by atoms with Gasteiger partial charge in [-0.1, -0.05) is 36.4 Å². The molecule has 0 fully saturated rings. The van der Waals surface area contributed by atoms with Gasteiger partial charge in [-0.3, -0.25) is 0 Å². The molecule has 0 amide bonds. The zero-order valence-corrected chi connectivity index (χ0v) is 11.9. The van der Waals surface area contributed by atoms with Gasteiger partial charge in [0.05, 0.1) is 0 Å². The molecule has 0 bridgehead atoms. The third-order valence-corrected chi connectivity index (χ3v) is 3.59. The summed E-state index contributed by atoms with van der Waals surface area (Å²) in [4.78, 5) is 0. The molecule has 20 heavy (non-hydrogen) atoms. The second kappa shape index (κ2) is 6.64. The number of aryl methyl sites for hydroxylation is 1. The molecular weight excluding hydrogens is 251 g/mol. The van der Waals surface area contributed by atoms with Gasteiger partial charge >= 0.3 is 0 Å². The van der Waals surface area contributed by atoms with E-state index in [-0.39, 0.29) is 17.9 Å². The lowest BCUT2D eigenvalue weighted by molar-refractivity contribution is 0.471. The molecule has 0 radical (unpaired) electrons. The molecule has 0 aromatic heterocycles. The van der Waals surface area contributed by atoms with Crippen molar-refractivity contribution < 1.29 is 4.39 Å². The van der Waals surface area contributed by atoms with E-state index in [4.69, 9.17) is 5.73 Å². The second-order valence-corrected chi connectivity index (χ2v) is 5.09. The van der Waals surface area contributed by atoms with E-state index in [1.54, 1.807) is 6.07 Å². The van der Waals surface area contributed by atoms with Gasteiger partial charge < -0.3 is 11.1 Å². The molecule has 0 heterocycles. The van der Waals surface area contributed by atoms with Crippen LogP contribution in [0.1, 0.15) is 35.7 Å². The third-order valence-electron chi connectivity index (χ3n) is 3.59. The zero-order valence-electron chi connectivity index (χ0n) is 11.9. The number of hydrogen-bond acceptors (Lipinski definition) is 2. The molecule has 2 aromatic rings. The smallest absolute Gasteiger partial charge is 0.123 e. The van der Waals surface area contributed by atoms with E-state index in [1.165, 1.54) is 11.6 Å². The fourth-order valence-corrected chi connectivity index (χ4v) is 2.45. The summed E-state index contributed by atoms with van der Waals surface area (Å²) in [6, 6.07) is 15.3. The van der Waals surface area contributed by atoms with Crippen molar-refractivity contribution in [2.24, 2.45) is 5.73 Å². The summed E-state index contributed by atoms with van der Waals surface area (Å²) in [5.74, 6) is -0.210. The van der Waals surface area contributed by atoms with Crippen molar-refractivity contribution in [2.45, 2.75) is 25.9 Å². The van der Waals surface area contributed by atoms with Gasteiger partial charge in [-0.15, -0.1) is 0 Å². The van der Waals surface area contributed by atoms with Crippen LogP contribution in [0.25, 0.3) is 0 Å². The molecule has 0 saturated heterocycles. The minimum absolute atomic E-state index is 0.0193. The first-order valence-electron chi connectivity index (χ1n) is 6.89. The highest BCUT2D eigenvalue weighted by Crippen LogP contribution is 2.22. The minimum Gasteiger partial charge on any atom is -0.329 e. The molecule has 0 aliphatic carbocycles. The van der Waals surface area contributed by atoms with Gasteiger partial charge in [0.2, 0.25) is 0 Å². The average Bonchev–Trinajstić information content (AvgIpc) is 2.46. The molecule has 2 rings (SSSR count). The van der Waals surface area contributed by atoms with Crippen molar-refractivity contribution in [1.29, 1.82) is 0 Å². The Morgan fingerprint density at radius 2 is 1.85 bits per heavy atom. The van der Waals surface area contributed by atoms with Crippen molar-refractivity contribution >= 4 is 0 Å². The summed E-state index contributed by atoms with van der Waals surface area (Å²) < 4.78 is 13.2. The van der Waals surface area contributed by atoms with Gasteiger partial charge in [-0.2, -0.15) is 0 Å². The van der Waals surface area contributed by atoms with E-state index < -0.39 is 0 Å². The van der Waals surface area contributed by atoms with E-state index in [2.05, 4.69) is 24.4 Å². The highest BCUT2D eigenvalue weighted by molar-refractivity contribution is 5.30. The molecule has 0 saturated carbocycles. The van der Waals surface area contributed by atoms with E-state index in [1.807, 2.05) is 31.2 Å². The predicted octanol–water partition coefficient (Wildman–Crippen LogP) is 3.48. The van der Waals surface area contributed by atoms with Crippen molar-refractivity contribution in [3.8, 4) is 0 Å². The maximum absolute atomic E-state index is 13.2. The van der Waals surface area contributed by atoms with Crippen LogP contribution in [0.3, 0.4) is 0 Å². The number of nitrogens with two attached hydrogens (primary N) is 1. The van der Waals surface area contributed by atoms with E-state index >= 15 is 0 Å². The number of rotatable bonds is 5. The van der Waals surface area contributed by atoms with Crippen LogP contribution in [-0.4, -0.2) is 6.54 Å². The average molecular weight is 272 g/mol. The normalized spacial score (nSPS) is 14.0. The third kappa shape index (κ3) is 3.44. The molecule has 0 aliphatic heterocycles. The number of hydrogen-bond donors (Lipinski definition) is 2. The summed E-state index contributed by atoms with van der Waals surface area (Å²) >= 11 is 0. The number of benzene rings is 2. The Balaban J connectivity index is 2.17. The maximum atomic E-state index is 13.2. The summed E-state index contributed by atoms with van der Waals surface area (Å²) in [5, 5.41) is 3.51. The highest BCUT2D eigenvalue weighted by atomic mass is 19.1. The molecule has 2 aromatic carbocycles. The Bertz CT molecular complexity index is 554. The highest BCUT2D eigenvalue weighted by Gasteiger charge is 2.16. The maximum Gasteiger partial charge on any atom is 0.123 e. The van der Waals surface area contributed by atoms with Crippen molar-refractivity contribution in [3.05, 3.63) is 71.0 Å². The van der Waals surface area contributed by atoms with Crippen LogP contribution in [0.4, 0.5) is 4.39 Å². The Labute approximate surface area is 119 Å². The molecule has 0 spiro atoms. The lowest BCUT2D eigenvalue weighted by Gasteiger charge is -2.24. The Morgan fingerprint density at radius 1 is 1.15 bits per heavy atom. The van der Waals surface area contributed by atoms with Gasteiger partial charge in [0.25, 0.3) is 0 Å². The van der Waals surface area contributed by atoms with E-state index in [9.17, 15) is 4.39 Å². The fraction of sp³-hybridized carbons (Fsp3) is 0.294. The van der Waals surface area contributed by atoms with Crippen molar-refractivity contribution in [2.75, 3.05) is 6.54 Å². The quantitative estimate of drug-likeness (QED) is 0.874. The van der Waals surface area contributed by atoms with E-state index in [0.29, 0.717) is 6.54 Å². The lowest BCUT2D eigenvalue weighted by Crippen LogP contribution is -2.31. The first kappa shape index (κ1) is 14.7. The van der Waals surface area contributed by atoms with Gasteiger partial charge in [0.15, 0.2) is 0 Å². The van der Waals surface area contributed by atoms with E-state index in [0.717, 1.165) is 11.1 Å². The Kier molecular flexibility index (Phi) is 4.88. The number of nitrogens with one attached hydrogen (secondary N) is 1. The number of halogens is 1. The van der Waals surface area contributed by atoms with Crippen LogP contribution >= 0.6 is 0 Å². The second-order valence-electron chi connectivity index (χ2n) is 5.09. The van der Waals surface area contributed by atoms with Crippen LogP contribution in [0.2, 0.25) is 0 Å². The van der Waals surface area contributed by atoms with Crippen LogP contribution in [-0.2, 0) is 0 Å².